The van der Waals surface area contributed by atoms with Crippen molar-refractivity contribution in [2.75, 3.05) is 0 Å². The first kappa shape index (κ1) is 14.9. The first-order valence-corrected chi connectivity index (χ1v) is 7.57. The zero-order valence-corrected chi connectivity index (χ0v) is 13.4. The van der Waals surface area contributed by atoms with Gasteiger partial charge in [-0.2, -0.15) is 5.10 Å². The van der Waals surface area contributed by atoms with Gasteiger partial charge in [0, 0.05) is 18.0 Å². The van der Waals surface area contributed by atoms with E-state index in [4.69, 9.17) is 9.31 Å². The summed E-state index contributed by atoms with van der Waals surface area (Å²) in [4.78, 5) is 4.47. The Bertz CT molecular complexity index is 937. The fraction of sp³-hybridized carbons (Fsp3) is 0.176. The molecule has 2 aromatic heterocycles. The summed E-state index contributed by atoms with van der Waals surface area (Å²) in [5.41, 5.74) is 2.55. The van der Waals surface area contributed by atoms with Gasteiger partial charge >= 0.3 is 7.12 Å². The lowest BCUT2D eigenvalue weighted by Gasteiger charge is -2.15. The van der Waals surface area contributed by atoms with Crippen LogP contribution in [0.3, 0.4) is 0 Å². The molecule has 0 amide bonds. The van der Waals surface area contributed by atoms with Gasteiger partial charge in [-0.3, -0.25) is 0 Å². The molecule has 0 aliphatic carbocycles. The number of rotatable bonds is 2. The van der Waals surface area contributed by atoms with Gasteiger partial charge in [-0.15, -0.1) is 0 Å². The largest absolute Gasteiger partial charge is 0.568 e. The second kappa shape index (κ2) is 5.17. The quantitative estimate of drug-likeness (QED) is 0.680. The van der Waals surface area contributed by atoms with E-state index in [0.717, 1.165) is 16.6 Å². The summed E-state index contributed by atoms with van der Waals surface area (Å²) in [7, 11) is -0.575. The van der Waals surface area contributed by atoms with Gasteiger partial charge in [-0.25, -0.2) is 13.9 Å². The molecule has 3 aromatic rings. The Kier molecular flexibility index (Phi) is 3.21. The van der Waals surface area contributed by atoms with Gasteiger partial charge < -0.3 is 9.31 Å². The van der Waals surface area contributed by atoms with Gasteiger partial charge in [0.25, 0.3) is 0 Å². The SMILES string of the molecule is C=C1OB(c2cnn3cc(-c4ccc(F)cc4)cnc23)OC1(C)C. The second-order valence-corrected chi connectivity index (χ2v) is 6.22. The van der Waals surface area contributed by atoms with Crippen molar-refractivity contribution < 1.29 is 13.7 Å². The van der Waals surface area contributed by atoms with Crippen molar-refractivity contribution in [3.63, 3.8) is 0 Å². The molecule has 120 valence electrons. The van der Waals surface area contributed by atoms with Crippen LogP contribution in [0.5, 0.6) is 0 Å². The summed E-state index contributed by atoms with van der Waals surface area (Å²) in [6, 6.07) is 6.25. The van der Waals surface area contributed by atoms with E-state index in [9.17, 15) is 4.39 Å². The molecule has 0 atom stereocenters. The number of nitrogens with zero attached hydrogens (tertiary/aromatic N) is 3. The number of hydrogen-bond donors (Lipinski definition) is 0. The lowest BCUT2D eigenvalue weighted by atomic mass is 9.81. The Balaban J connectivity index is 1.71. The van der Waals surface area contributed by atoms with Crippen LogP contribution < -0.4 is 5.46 Å². The summed E-state index contributed by atoms with van der Waals surface area (Å²) < 4.78 is 26.3. The highest BCUT2D eigenvalue weighted by atomic mass is 19.1. The molecular formula is C17H15BFN3O2. The number of aromatic nitrogens is 3. The predicted octanol–water partition coefficient (Wildman–Crippen LogP) is 2.57. The van der Waals surface area contributed by atoms with Crippen LogP contribution in [0, 0.1) is 5.82 Å². The molecule has 1 aromatic carbocycles. The Hall–Kier alpha value is -2.67. The molecule has 7 heteroatoms. The van der Waals surface area contributed by atoms with Gasteiger partial charge in [0.2, 0.25) is 0 Å². The molecule has 5 nitrogen and oxygen atoms in total. The van der Waals surface area contributed by atoms with Crippen molar-refractivity contribution in [2.45, 2.75) is 19.4 Å². The first-order valence-electron chi connectivity index (χ1n) is 7.57. The average Bonchev–Trinajstić information content (AvgIpc) is 3.08. The molecule has 0 spiro atoms. The Labute approximate surface area is 138 Å². The monoisotopic (exact) mass is 323 g/mol. The summed E-state index contributed by atoms with van der Waals surface area (Å²) in [6.45, 7) is 7.69. The van der Waals surface area contributed by atoms with Gasteiger partial charge in [0.15, 0.2) is 5.65 Å². The zero-order chi connectivity index (χ0) is 16.9. The minimum atomic E-state index is -0.575. The van der Waals surface area contributed by atoms with Crippen LogP contribution in [0.25, 0.3) is 16.8 Å². The topological polar surface area (TPSA) is 48.7 Å². The Morgan fingerprint density at radius 2 is 1.92 bits per heavy atom. The predicted molar refractivity (Wildman–Crippen MR) is 89.2 cm³/mol. The summed E-state index contributed by atoms with van der Waals surface area (Å²) in [5, 5.41) is 4.33. The lowest BCUT2D eigenvalue weighted by Crippen LogP contribution is -2.34. The van der Waals surface area contributed by atoms with Crippen LogP contribution in [0.1, 0.15) is 13.8 Å². The van der Waals surface area contributed by atoms with Crippen molar-refractivity contribution in [3.8, 4) is 11.1 Å². The summed E-state index contributed by atoms with van der Waals surface area (Å²) >= 11 is 0. The molecule has 24 heavy (non-hydrogen) atoms. The normalized spacial score (nSPS) is 16.6. The highest BCUT2D eigenvalue weighted by molar-refractivity contribution is 6.64. The molecule has 1 saturated heterocycles. The third-order valence-electron chi connectivity index (χ3n) is 4.14. The third kappa shape index (κ3) is 2.37. The van der Waals surface area contributed by atoms with Gasteiger partial charge in [0.1, 0.15) is 11.4 Å². The molecule has 4 rings (SSSR count). The molecule has 0 bridgehead atoms. The van der Waals surface area contributed by atoms with E-state index < -0.39 is 12.7 Å². The van der Waals surface area contributed by atoms with Crippen molar-refractivity contribution in [2.24, 2.45) is 0 Å². The fourth-order valence-electron chi connectivity index (χ4n) is 2.61. The van der Waals surface area contributed by atoms with Crippen LogP contribution in [0.4, 0.5) is 4.39 Å². The zero-order valence-electron chi connectivity index (χ0n) is 13.4. The molecule has 3 heterocycles. The van der Waals surface area contributed by atoms with Crippen LogP contribution in [-0.2, 0) is 9.31 Å². The van der Waals surface area contributed by atoms with Crippen molar-refractivity contribution in [1.82, 2.24) is 14.6 Å². The van der Waals surface area contributed by atoms with Crippen LogP contribution in [-0.4, -0.2) is 27.3 Å². The molecule has 0 N–H and O–H groups in total. The van der Waals surface area contributed by atoms with Gasteiger partial charge in [-0.1, -0.05) is 18.7 Å². The Morgan fingerprint density at radius 3 is 2.58 bits per heavy atom. The highest BCUT2D eigenvalue weighted by Crippen LogP contribution is 2.29. The highest BCUT2D eigenvalue weighted by Gasteiger charge is 2.44. The van der Waals surface area contributed by atoms with Crippen LogP contribution >= 0.6 is 0 Å². The molecule has 0 unspecified atom stereocenters. The molecule has 1 aliphatic rings. The maximum atomic E-state index is 13.1. The number of benzene rings is 1. The van der Waals surface area contributed by atoms with E-state index in [1.807, 2.05) is 20.0 Å². The standard InChI is InChI=1S/C17H15BFN3O2/c1-11-17(2,3)24-18(23-11)15-9-21-22-10-13(8-20-16(15)22)12-4-6-14(19)7-5-12/h4-10H,1H2,2-3H3. The van der Waals surface area contributed by atoms with E-state index in [1.54, 1.807) is 29.0 Å². The summed E-state index contributed by atoms with van der Waals surface area (Å²) in [5.74, 6) is 0.308. The van der Waals surface area contributed by atoms with Crippen molar-refractivity contribution in [1.29, 1.82) is 0 Å². The number of fused-ring (bicyclic) bond motifs is 1. The fourth-order valence-corrected chi connectivity index (χ4v) is 2.61. The van der Waals surface area contributed by atoms with Gasteiger partial charge in [-0.05, 0) is 31.5 Å². The average molecular weight is 323 g/mol. The molecular weight excluding hydrogens is 308 g/mol. The first-order chi connectivity index (χ1) is 11.4. The minimum Gasteiger partial charge on any atom is -0.534 e. The number of halogens is 1. The molecule has 0 saturated carbocycles. The molecule has 1 aliphatic heterocycles. The van der Waals surface area contributed by atoms with Crippen molar-refractivity contribution in [3.05, 3.63) is 61.0 Å². The lowest BCUT2D eigenvalue weighted by molar-refractivity contribution is 0.173. The Morgan fingerprint density at radius 1 is 1.17 bits per heavy atom. The van der Waals surface area contributed by atoms with Crippen molar-refractivity contribution >= 4 is 18.2 Å². The van der Waals surface area contributed by atoms with E-state index in [-0.39, 0.29) is 5.82 Å². The van der Waals surface area contributed by atoms with E-state index >= 15 is 0 Å². The summed E-state index contributed by atoms with van der Waals surface area (Å²) in [6.07, 6.45) is 5.24. The smallest absolute Gasteiger partial charge is 0.534 e. The number of hydrogen-bond acceptors (Lipinski definition) is 4. The maximum Gasteiger partial charge on any atom is 0.568 e. The van der Waals surface area contributed by atoms with E-state index in [0.29, 0.717) is 11.4 Å². The van der Waals surface area contributed by atoms with Gasteiger partial charge in [0.05, 0.1) is 17.4 Å². The minimum absolute atomic E-state index is 0.271. The van der Waals surface area contributed by atoms with Crippen LogP contribution in [0.15, 0.2) is 55.2 Å². The maximum absolute atomic E-state index is 13.1. The third-order valence-corrected chi connectivity index (χ3v) is 4.14. The van der Waals surface area contributed by atoms with E-state index in [2.05, 4.69) is 16.7 Å². The molecule has 1 fully saturated rings. The van der Waals surface area contributed by atoms with Crippen LogP contribution in [0.2, 0.25) is 0 Å². The molecule has 0 radical (unpaired) electrons. The second-order valence-electron chi connectivity index (χ2n) is 6.22. The van der Waals surface area contributed by atoms with E-state index in [1.165, 1.54) is 12.1 Å².